The highest BCUT2D eigenvalue weighted by molar-refractivity contribution is 5.86. The Bertz CT molecular complexity index is 858. The van der Waals surface area contributed by atoms with E-state index in [1.807, 2.05) is 6.92 Å². The number of hydrogen-bond acceptors (Lipinski definition) is 10. The minimum Gasteiger partial charge on any atom is -0.467 e. The minimum absolute atomic E-state index is 0.110. The molecule has 1 fully saturated rings. The topological polar surface area (TPSA) is 179 Å². The molecule has 12 heteroatoms. The second-order valence-electron chi connectivity index (χ2n) is 7.47. The summed E-state index contributed by atoms with van der Waals surface area (Å²) in [5.74, 6) is -3.66. The maximum atomic E-state index is 12.7. The molecule has 0 heterocycles. The van der Waals surface area contributed by atoms with Crippen LogP contribution in [0.1, 0.15) is 44.1 Å². The number of rotatable bonds is 8. The minimum atomic E-state index is -2.85. The van der Waals surface area contributed by atoms with Crippen LogP contribution in [0, 0.1) is 20.2 Å². The average molecular weight is 440 g/mol. The van der Waals surface area contributed by atoms with E-state index >= 15 is 0 Å². The molecule has 0 spiro atoms. The van der Waals surface area contributed by atoms with Gasteiger partial charge in [-0.1, -0.05) is 25.5 Å². The summed E-state index contributed by atoms with van der Waals surface area (Å²) in [4.78, 5) is 46.0. The van der Waals surface area contributed by atoms with E-state index in [1.165, 1.54) is 24.3 Å². The van der Waals surface area contributed by atoms with Crippen molar-refractivity contribution in [2.75, 3.05) is 13.7 Å². The zero-order valence-corrected chi connectivity index (χ0v) is 17.1. The molecule has 12 nitrogen and oxygen atoms in total. The summed E-state index contributed by atoms with van der Waals surface area (Å²) in [7, 11) is 0.908. The zero-order valence-electron chi connectivity index (χ0n) is 17.1. The number of unbranched alkanes of at least 4 members (excludes halogenated alkanes) is 1. The first-order valence-corrected chi connectivity index (χ1v) is 9.59. The maximum absolute atomic E-state index is 12.7. The Morgan fingerprint density at radius 2 is 1.65 bits per heavy atom. The Morgan fingerprint density at radius 3 is 2.10 bits per heavy atom. The lowest BCUT2D eigenvalue weighted by Crippen LogP contribution is -2.70. The third kappa shape index (κ3) is 4.64. The molecule has 1 saturated carbocycles. The van der Waals surface area contributed by atoms with Crippen LogP contribution in [0.25, 0.3) is 0 Å². The van der Waals surface area contributed by atoms with Gasteiger partial charge in [0.15, 0.2) is 0 Å². The van der Waals surface area contributed by atoms with Gasteiger partial charge in [-0.3, -0.25) is 20.2 Å². The lowest BCUT2D eigenvalue weighted by atomic mass is 9.64. The molecule has 0 aliphatic heterocycles. The van der Waals surface area contributed by atoms with E-state index in [2.05, 4.69) is 4.74 Å². The number of methoxy groups -OCH3 is 1. The van der Waals surface area contributed by atoms with Gasteiger partial charge in [0.2, 0.25) is 11.2 Å². The number of nitro groups is 2. The Balaban J connectivity index is 2.54. The van der Waals surface area contributed by atoms with Gasteiger partial charge in [-0.2, -0.15) is 0 Å². The van der Waals surface area contributed by atoms with Gasteiger partial charge in [-0.05, 0) is 17.9 Å². The van der Waals surface area contributed by atoms with Gasteiger partial charge in [0, 0.05) is 29.9 Å². The van der Waals surface area contributed by atoms with Gasteiger partial charge >= 0.3 is 11.9 Å². The number of nitrogens with zero attached hydrogens (tertiary/aromatic N) is 2. The first kappa shape index (κ1) is 24.2. The van der Waals surface area contributed by atoms with Gasteiger partial charge in [0.05, 0.1) is 18.6 Å². The fraction of sp³-hybridized carbons (Fsp3) is 0.579. The van der Waals surface area contributed by atoms with Crippen molar-refractivity contribution < 1.29 is 39.1 Å². The Morgan fingerprint density at radius 1 is 1.10 bits per heavy atom. The van der Waals surface area contributed by atoms with Crippen LogP contribution in [0.15, 0.2) is 24.3 Å². The predicted molar refractivity (Wildman–Crippen MR) is 104 cm³/mol. The molecular weight excluding hydrogens is 416 g/mol. The molecule has 4 atom stereocenters. The second kappa shape index (κ2) is 9.35. The highest BCUT2D eigenvalue weighted by Crippen LogP contribution is 2.46. The fourth-order valence-electron chi connectivity index (χ4n) is 3.90. The molecule has 1 aliphatic rings. The third-order valence-electron chi connectivity index (χ3n) is 5.43. The molecule has 1 aromatic carbocycles. The van der Waals surface area contributed by atoms with Crippen LogP contribution in [0.4, 0.5) is 5.69 Å². The highest BCUT2D eigenvalue weighted by Gasteiger charge is 2.71. The number of hydrogen-bond donors (Lipinski definition) is 2. The number of carbonyl (C=O) groups is 2. The molecule has 170 valence electrons. The molecule has 1 aliphatic carbocycles. The number of carbonyl (C=O) groups excluding carboxylic acids is 2. The summed E-state index contributed by atoms with van der Waals surface area (Å²) in [5.41, 5.74) is -5.58. The van der Waals surface area contributed by atoms with E-state index < -0.39 is 57.8 Å². The van der Waals surface area contributed by atoms with Crippen LogP contribution in [0.2, 0.25) is 0 Å². The van der Waals surface area contributed by atoms with Gasteiger partial charge in [-0.15, -0.1) is 0 Å². The van der Waals surface area contributed by atoms with E-state index in [1.54, 1.807) is 0 Å². The number of aliphatic hydroxyl groups is 2. The molecule has 0 amide bonds. The third-order valence-corrected chi connectivity index (χ3v) is 5.43. The Kier molecular flexibility index (Phi) is 7.28. The molecule has 0 radical (unpaired) electrons. The number of nitro benzene ring substituents is 1. The normalized spacial score (nSPS) is 27.9. The van der Waals surface area contributed by atoms with Crippen molar-refractivity contribution >= 4 is 17.6 Å². The molecule has 0 bridgehead atoms. The molecule has 31 heavy (non-hydrogen) atoms. The molecule has 0 unspecified atom stereocenters. The second-order valence-corrected chi connectivity index (χ2v) is 7.47. The van der Waals surface area contributed by atoms with Crippen LogP contribution < -0.4 is 0 Å². The van der Waals surface area contributed by atoms with Crippen LogP contribution in [-0.4, -0.2) is 63.0 Å². The SMILES string of the molecule is CCCCOC(=O)[C@]1(O)C[C@H](c2ccc([N+](=O)[O-])cc2)C[C@](O)(C(=O)OC)[C@H]1[N+](=O)[O-]. The summed E-state index contributed by atoms with van der Waals surface area (Å²) in [5, 5.41) is 44.8. The van der Waals surface area contributed by atoms with Gasteiger partial charge in [0.1, 0.15) is 0 Å². The van der Waals surface area contributed by atoms with E-state index in [4.69, 9.17) is 4.74 Å². The van der Waals surface area contributed by atoms with Crippen LogP contribution in [0.3, 0.4) is 0 Å². The lowest BCUT2D eigenvalue weighted by Gasteiger charge is -2.44. The molecular formula is C19H24N2O10. The van der Waals surface area contributed by atoms with E-state index in [9.17, 15) is 40.0 Å². The largest absolute Gasteiger partial charge is 0.467 e. The van der Waals surface area contributed by atoms with Gasteiger partial charge in [0.25, 0.3) is 11.7 Å². The monoisotopic (exact) mass is 440 g/mol. The van der Waals surface area contributed by atoms with Crippen LogP contribution >= 0.6 is 0 Å². The van der Waals surface area contributed by atoms with Crippen molar-refractivity contribution in [1.29, 1.82) is 0 Å². The van der Waals surface area contributed by atoms with E-state index in [0.29, 0.717) is 18.4 Å². The maximum Gasteiger partial charge on any atom is 0.345 e. The summed E-state index contributed by atoms with van der Waals surface area (Å²) >= 11 is 0. The fourth-order valence-corrected chi connectivity index (χ4v) is 3.90. The first-order chi connectivity index (χ1) is 14.5. The highest BCUT2D eigenvalue weighted by atomic mass is 16.6. The summed E-state index contributed by atoms with van der Waals surface area (Å²) in [6.45, 7) is 1.71. The van der Waals surface area contributed by atoms with Crippen LogP contribution in [0.5, 0.6) is 0 Å². The van der Waals surface area contributed by atoms with E-state index in [-0.39, 0.29) is 12.3 Å². The summed E-state index contributed by atoms with van der Waals surface area (Å²) in [6.07, 6.45) is 0.00823. The molecule has 2 rings (SSSR count). The van der Waals surface area contributed by atoms with Crippen LogP contribution in [-0.2, 0) is 19.1 Å². The average Bonchev–Trinajstić information content (AvgIpc) is 2.72. The molecule has 0 aromatic heterocycles. The Labute approximate surface area is 177 Å². The van der Waals surface area contributed by atoms with Crippen molar-refractivity contribution in [2.24, 2.45) is 0 Å². The van der Waals surface area contributed by atoms with Crippen molar-refractivity contribution in [3.63, 3.8) is 0 Å². The Hall–Kier alpha value is -3.12. The number of benzene rings is 1. The van der Waals surface area contributed by atoms with Crippen molar-refractivity contribution in [3.8, 4) is 0 Å². The predicted octanol–water partition coefficient (Wildman–Crippen LogP) is 1.10. The molecule has 2 N–H and O–H groups in total. The summed E-state index contributed by atoms with van der Waals surface area (Å²) < 4.78 is 9.53. The standard InChI is InChI=1S/C19H24N2O10/c1-3-4-9-31-17(23)19(25)11-13(12-5-7-14(8-6-12)20(26)27)10-18(24,16(22)30-2)15(19)21(28)29/h5-8,13,15,24-25H,3-4,9-11H2,1-2H3/t13-,15-,18-,19+/m1/s1. The summed E-state index contributed by atoms with van der Waals surface area (Å²) in [6, 6.07) is 2.57. The first-order valence-electron chi connectivity index (χ1n) is 9.59. The van der Waals surface area contributed by atoms with Gasteiger partial charge in [-0.25, -0.2) is 9.59 Å². The number of esters is 2. The lowest BCUT2D eigenvalue weighted by molar-refractivity contribution is -0.565. The molecule has 1 aromatic rings. The van der Waals surface area contributed by atoms with Gasteiger partial charge < -0.3 is 19.7 Å². The number of non-ortho nitro benzene ring substituents is 1. The van der Waals surface area contributed by atoms with Crippen molar-refractivity contribution in [2.45, 2.75) is 55.8 Å². The quantitative estimate of drug-likeness (QED) is 0.257. The van der Waals surface area contributed by atoms with Crippen molar-refractivity contribution in [3.05, 3.63) is 50.1 Å². The van der Waals surface area contributed by atoms with Crippen molar-refractivity contribution in [1.82, 2.24) is 0 Å². The zero-order chi connectivity index (χ0) is 23.4. The van der Waals surface area contributed by atoms with E-state index in [0.717, 1.165) is 7.11 Å². The number of ether oxygens (including phenoxy) is 2. The molecule has 0 saturated heterocycles. The smallest absolute Gasteiger partial charge is 0.345 e.